The second-order valence-corrected chi connectivity index (χ2v) is 7.24. The van der Waals surface area contributed by atoms with Gasteiger partial charge in [-0.3, -0.25) is 9.36 Å². The van der Waals surface area contributed by atoms with Crippen LogP contribution >= 0.6 is 11.3 Å². The third-order valence-electron chi connectivity index (χ3n) is 4.71. The largest absolute Gasteiger partial charge is 0.393 e. The van der Waals surface area contributed by atoms with Gasteiger partial charge in [0.15, 0.2) is 5.65 Å². The molecule has 1 aliphatic rings. The van der Waals surface area contributed by atoms with E-state index in [1.165, 1.54) is 4.57 Å². The Kier molecular flexibility index (Phi) is 4.39. The van der Waals surface area contributed by atoms with E-state index in [-0.39, 0.29) is 22.8 Å². The van der Waals surface area contributed by atoms with Gasteiger partial charge in [-0.25, -0.2) is 4.98 Å². The summed E-state index contributed by atoms with van der Waals surface area (Å²) in [5.74, 6) is 0.330. The number of hydrogen-bond acceptors (Lipinski definition) is 7. The molecule has 7 nitrogen and oxygen atoms in total. The van der Waals surface area contributed by atoms with Gasteiger partial charge in [-0.2, -0.15) is 4.98 Å². The van der Waals surface area contributed by atoms with E-state index in [1.54, 1.807) is 13.1 Å². The molecule has 23 heavy (non-hydrogen) atoms. The lowest BCUT2D eigenvalue weighted by molar-refractivity contribution is -0.0477. The second-order valence-electron chi connectivity index (χ2n) is 6.24. The predicted molar refractivity (Wildman–Crippen MR) is 89.2 cm³/mol. The van der Waals surface area contributed by atoms with Crippen LogP contribution in [-0.2, 0) is 4.74 Å². The standard InChI is InChI=1S/C15H22N4O3S/c1-4-7(2)10-5-9(8(3)20)13(22-10)19-12-11(23-15(19)21)6-17-14(16)18-12/h6-10,13,20H,4-5H2,1-3H3,(H2,16,17,18)/t7-,8+,9-,10-,13+/m0/s1. The summed E-state index contributed by atoms with van der Waals surface area (Å²) in [6, 6.07) is 0. The first-order chi connectivity index (χ1) is 10.9. The highest BCUT2D eigenvalue weighted by atomic mass is 32.1. The molecule has 0 aromatic carbocycles. The maximum atomic E-state index is 12.5. The highest BCUT2D eigenvalue weighted by Gasteiger charge is 2.42. The van der Waals surface area contributed by atoms with Gasteiger partial charge in [0.2, 0.25) is 5.95 Å². The molecule has 1 aliphatic heterocycles. The number of aliphatic hydroxyl groups is 1. The third-order valence-corrected chi connectivity index (χ3v) is 5.59. The van der Waals surface area contributed by atoms with E-state index in [0.717, 1.165) is 24.2 Å². The van der Waals surface area contributed by atoms with Gasteiger partial charge in [0.05, 0.1) is 23.1 Å². The van der Waals surface area contributed by atoms with E-state index in [2.05, 4.69) is 23.8 Å². The van der Waals surface area contributed by atoms with Crippen molar-refractivity contribution in [2.75, 3.05) is 5.73 Å². The van der Waals surface area contributed by atoms with E-state index in [4.69, 9.17) is 10.5 Å². The SMILES string of the molecule is CC[C@H](C)[C@@H]1C[C@@H]([C@@H](C)O)[C@H](n2c(=O)sc3cnc(N)nc32)O1. The molecular weight excluding hydrogens is 316 g/mol. The van der Waals surface area contributed by atoms with E-state index >= 15 is 0 Å². The number of rotatable bonds is 4. The van der Waals surface area contributed by atoms with E-state index in [9.17, 15) is 9.90 Å². The summed E-state index contributed by atoms with van der Waals surface area (Å²) in [6.45, 7) is 5.97. The molecule has 0 radical (unpaired) electrons. The highest BCUT2D eigenvalue weighted by molar-refractivity contribution is 7.16. The van der Waals surface area contributed by atoms with Crippen molar-refractivity contribution in [3.8, 4) is 0 Å². The summed E-state index contributed by atoms with van der Waals surface area (Å²) in [6.07, 6.45) is 2.18. The van der Waals surface area contributed by atoms with Crippen molar-refractivity contribution in [3.05, 3.63) is 15.9 Å². The van der Waals surface area contributed by atoms with Crippen molar-refractivity contribution in [2.45, 2.75) is 52.0 Å². The first kappa shape index (κ1) is 16.4. The Labute approximate surface area is 138 Å². The molecule has 5 atom stereocenters. The Bertz CT molecular complexity index is 757. The molecule has 3 heterocycles. The van der Waals surface area contributed by atoms with Gasteiger partial charge in [0, 0.05) is 5.92 Å². The van der Waals surface area contributed by atoms with Crippen molar-refractivity contribution in [1.82, 2.24) is 14.5 Å². The number of ether oxygens (including phenoxy) is 1. The van der Waals surface area contributed by atoms with Gasteiger partial charge < -0.3 is 15.6 Å². The van der Waals surface area contributed by atoms with E-state index in [1.807, 2.05) is 0 Å². The molecule has 0 aliphatic carbocycles. The molecule has 3 rings (SSSR count). The number of thiazole rings is 1. The van der Waals surface area contributed by atoms with Crippen LogP contribution in [0.4, 0.5) is 5.95 Å². The average Bonchev–Trinajstić information content (AvgIpc) is 3.06. The minimum Gasteiger partial charge on any atom is -0.393 e. The fourth-order valence-electron chi connectivity index (χ4n) is 3.11. The third kappa shape index (κ3) is 2.86. The van der Waals surface area contributed by atoms with E-state index in [0.29, 0.717) is 16.3 Å². The first-order valence-corrected chi connectivity index (χ1v) is 8.71. The van der Waals surface area contributed by atoms with Gasteiger partial charge >= 0.3 is 4.87 Å². The van der Waals surface area contributed by atoms with Crippen LogP contribution in [0.25, 0.3) is 10.3 Å². The summed E-state index contributed by atoms with van der Waals surface area (Å²) in [7, 11) is 0. The fraction of sp³-hybridized carbons (Fsp3) is 0.667. The molecule has 8 heteroatoms. The van der Waals surface area contributed by atoms with Crippen molar-refractivity contribution < 1.29 is 9.84 Å². The zero-order valence-electron chi connectivity index (χ0n) is 13.5. The molecule has 0 saturated carbocycles. The van der Waals surface area contributed by atoms with Gasteiger partial charge in [0.1, 0.15) is 6.23 Å². The van der Waals surface area contributed by atoms with Crippen molar-refractivity contribution in [1.29, 1.82) is 0 Å². The fourth-order valence-corrected chi connectivity index (χ4v) is 3.93. The van der Waals surface area contributed by atoms with Crippen LogP contribution in [0.15, 0.2) is 11.0 Å². The number of aliphatic hydroxyl groups excluding tert-OH is 1. The van der Waals surface area contributed by atoms with Crippen LogP contribution in [0.3, 0.4) is 0 Å². The minimum absolute atomic E-state index is 0.0191. The molecule has 2 aromatic rings. The summed E-state index contributed by atoms with van der Waals surface area (Å²) in [5.41, 5.74) is 6.15. The predicted octanol–water partition coefficient (Wildman–Crippen LogP) is 1.77. The lowest BCUT2D eigenvalue weighted by Crippen LogP contribution is -2.29. The highest BCUT2D eigenvalue weighted by Crippen LogP contribution is 2.40. The van der Waals surface area contributed by atoms with Crippen LogP contribution < -0.4 is 10.6 Å². The molecule has 3 N–H and O–H groups in total. The molecule has 0 bridgehead atoms. The lowest BCUT2D eigenvalue weighted by Gasteiger charge is -2.22. The van der Waals surface area contributed by atoms with Gasteiger partial charge in [-0.1, -0.05) is 31.6 Å². The van der Waals surface area contributed by atoms with Gasteiger partial charge in [0.25, 0.3) is 0 Å². The van der Waals surface area contributed by atoms with Gasteiger partial charge in [-0.15, -0.1) is 0 Å². The van der Waals surface area contributed by atoms with Crippen LogP contribution in [0.5, 0.6) is 0 Å². The number of nitrogens with zero attached hydrogens (tertiary/aromatic N) is 3. The minimum atomic E-state index is -0.574. The Morgan fingerprint density at radius 3 is 2.96 bits per heavy atom. The quantitative estimate of drug-likeness (QED) is 0.880. The Balaban J connectivity index is 2.07. The Hall–Kier alpha value is -1.51. The Morgan fingerprint density at radius 2 is 2.30 bits per heavy atom. The van der Waals surface area contributed by atoms with E-state index < -0.39 is 12.3 Å². The van der Waals surface area contributed by atoms with Crippen LogP contribution in [0, 0.1) is 11.8 Å². The average molecular weight is 338 g/mol. The monoisotopic (exact) mass is 338 g/mol. The topological polar surface area (TPSA) is 103 Å². The number of anilines is 1. The second kappa shape index (κ2) is 6.18. The molecular formula is C15H22N4O3S. The maximum absolute atomic E-state index is 12.5. The van der Waals surface area contributed by atoms with Crippen molar-refractivity contribution >= 4 is 27.6 Å². The number of nitrogen functional groups attached to an aromatic ring is 1. The lowest BCUT2D eigenvalue weighted by atomic mass is 9.92. The summed E-state index contributed by atoms with van der Waals surface area (Å²) < 4.78 is 8.37. The normalized spacial score (nSPS) is 27.4. The molecule has 1 fully saturated rings. The number of fused-ring (bicyclic) bond motifs is 1. The van der Waals surface area contributed by atoms with Crippen molar-refractivity contribution in [3.63, 3.8) is 0 Å². The van der Waals surface area contributed by atoms with Crippen LogP contribution in [0.1, 0.15) is 39.8 Å². The smallest absolute Gasteiger partial charge is 0.311 e. The Morgan fingerprint density at radius 1 is 1.57 bits per heavy atom. The number of hydrogen-bond donors (Lipinski definition) is 2. The maximum Gasteiger partial charge on any atom is 0.311 e. The van der Waals surface area contributed by atoms with Crippen LogP contribution in [-0.4, -0.2) is 31.8 Å². The van der Waals surface area contributed by atoms with Crippen molar-refractivity contribution in [2.24, 2.45) is 11.8 Å². The molecule has 0 spiro atoms. The molecule has 1 saturated heterocycles. The van der Waals surface area contributed by atoms with Crippen LogP contribution in [0.2, 0.25) is 0 Å². The molecule has 0 amide bonds. The zero-order chi connectivity index (χ0) is 16.7. The molecule has 0 unspecified atom stereocenters. The number of nitrogens with two attached hydrogens (primary N) is 1. The molecule has 126 valence electrons. The zero-order valence-corrected chi connectivity index (χ0v) is 14.3. The first-order valence-electron chi connectivity index (χ1n) is 7.89. The number of aromatic nitrogens is 3. The summed E-state index contributed by atoms with van der Waals surface area (Å²) in [4.78, 5) is 20.4. The summed E-state index contributed by atoms with van der Waals surface area (Å²) in [5, 5.41) is 10.2. The molecule has 2 aromatic heterocycles. The van der Waals surface area contributed by atoms with Gasteiger partial charge in [-0.05, 0) is 19.3 Å². The summed E-state index contributed by atoms with van der Waals surface area (Å²) >= 11 is 1.07.